The van der Waals surface area contributed by atoms with E-state index in [1.165, 1.54) is 16.7 Å². The minimum Gasteiger partial charge on any atom is -0.434 e. The molecule has 0 spiro atoms. The molecule has 0 aliphatic carbocycles. The number of benzene rings is 3. The van der Waals surface area contributed by atoms with Crippen LogP contribution in [0.25, 0.3) is 6.08 Å². The molecule has 6 nitrogen and oxygen atoms in total. The number of carbonyl (C=O) groups excluding carboxylic acids is 1. The first kappa shape index (κ1) is 25.7. The van der Waals surface area contributed by atoms with Crippen molar-refractivity contribution >= 4 is 44.9 Å². The first-order valence-electron chi connectivity index (χ1n) is 11.5. The lowest BCUT2D eigenvalue weighted by Crippen LogP contribution is -2.40. The maximum Gasteiger partial charge on any atom is 0.387 e. The van der Waals surface area contributed by atoms with Crippen molar-refractivity contribution in [3.8, 4) is 5.75 Å². The lowest BCUT2D eigenvalue weighted by molar-refractivity contribution is -0.113. The predicted octanol–water partition coefficient (Wildman–Crippen LogP) is 5.24. The summed E-state index contributed by atoms with van der Waals surface area (Å²) in [6, 6.07) is 21.9. The highest BCUT2D eigenvalue weighted by Crippen LogP contribution is 2.31. The Morgan fingerprint density at radius 3 is 2.47 bits per heavy atom. The molecule has 1 amide bonds. The van der Waals surface area contributed by atoms with Crippen molar-refractivity contribution in [2.45, 2.75) is 19.6 Å². The number of hydrogen-bond donors (Lipinski definition) is 1. The molecule has 1 N–H and O–H groups in total. The van der Waals surface area contributed by atoms with Gasteiger partial charge >= 0.3 is 6.61 Å². The molecule has 1 aliphatic heterocycles. The van der Waals surface area contributed by atoms with Crippen LogP contribution >= 0.6 is 27.3 Å². The molecule has 192 valence electrons. The summed E-state index contributed by atoms with van der Waals surface area (Å²) in [5.74, 6) is -0.424. The van der Waals surface area contributed by atoms with Crippen LogP contribution in [0.2, 0.25) is 0 Å². The second-order valence-corrected chi connectivity index (χ2v) is 10.3. The number of alkyl halides is 2. The molecule has 5 rings (SSSR count). The van der Waals surface area contributed by atoms with Gasteiger partial charge in [-0.05, 0) is 48.9 Å². The summed E-state index contributed by atoms with van der Waals surface area (Å²) >= 11 is 4.55. The summed E-state index contributed by atoms with van der Waals surface area (Å²) in [7, 11) is 0. The van der Waals surface area contributed by atoms with E-state index >= 15 is 0 Å². The standard InChI is InChI=1S/C28H20BrF2N3O3S/c1-16-23(25(35)33-20-8-3-2-4-9-20)24(17-11-13-19(29)14-12-17)34-26(36)22(38-28(34)32-16)15-18-7-5-6-10-21(18)37-27(30)31/h2-15,24,27H,1H3,(H,33,35)/b22-15+/t24-/m1/s1. The number of nitrogens with one attached hydrogen (secondary N) is 1. The number of aromatic nitrogens is 1. The van der Waals surface area contributed by atoms with Crippen LogP contribution in [0, 0.1) is 0 Å². The van der Waals surface area contributed by atoms with Crippen LogP contribution in [-0.4, -0.2) is 17.1 Å². The first-order chi connectivity index (χ1) is 18.3. The normalized spacial score (nSPS) is 15.3. The number of thiazole rings is 1. The van der Waals surface area contributed by atoms with Crippen LogP contribution in [0.1, 0.15) is 24.1 Å². The minimum absolute atomic E-state index is 0.0445. The lowest BCUT2D eigenvalue weighted by atomic mass is 9.95. The Morgan fingerprint density at radius 1 is 1.08 bits per heavy atom. The zero-order chi connectivity index (χ0) is 26.8. The number of carbonyl (C=O) groups is 1. The molecular weight excluding hydrogens is 576 g/mol. The van der Waals surface area contributed by atoms with Crippen molar-refractivity contribution in [1.82, 2.24) is 4.57 Å². The Labute approximate surface area is 228 Å². The highest BCUT2D eigenvalue weighted by atomic mass is 79.9. The average molecular weight is 596 g/mol. The maximum atomic E-state index is 13.8. The summed E-state index contributed by atoms with van der Waals surface area (Å²) in [6.07, 6.45) is 1.50. The monoisotopic (exact) mass is 595 g/mol. The topological polar surface area (TPSA) is 72.7 Å². The summed E-state index contributed by atoms with van der Waals surface area (Å²) in [5, 5.41) is 2.90. The van der Waals surface area contributed by atoms with Crippen LogP contribution < -0.4 is 24.9 Å². The molecule has 0 unspecified atom stereocenters. The third-order valence-corrected chi connectivity index (χ3v) is 7.42. The second kappa shape index (κ2) is 10.8. The number of amides is 1. The van der Waals surface area contributed by atoms with Crippen molar-refractivity contribution in [2.75, 3.05) is 5.32 Å². The molecule has 10 heteroatoms. The van der Waals surface area contributed by atoms with Gasteiger partial charge in [-0.1, -0.05) is 75.8 Å². The number of halogens is 3. The Hall–Kier alpha value is -3.89. The largest absolute Gasteiger partial charge is 0.434 e. The third-order valence-electron chi connectivity index (χ3n) is 5.91. The summed E-state index contributed by atoms with van der Waals surface area (Å²) in [4.78, 5) is 32.3. The van der Waals surface area contributed by atoms with E-state index in [2.05, 4.69) is 31.0 Å². The number of anilines is 1. The second-order valence-electron chi connectivity index (χ2n) is 8.37. The van der Waals surface area contributed by atoms with Crippen molar-refractivity contribution in [3.05, 3.63) is 125 Å². The van der Waals surface area contributed by atoms with Crippen molar-refractivity contribution in [1.29, 1.82) is 0 Å². The van der Waals surface area contributed by atoms with E-state index < -0.39 is 18.2 Å². The number of ether oxygens (including phenoxy) is 1. The van der Waals surface area contributed by atoms with Crippen molar-refractivity contribution in [2.24, 2.45) is 4.99 Å². The Bertz CT molecular complexity index is 1710. The fourth-order valence-electron chi connectivity index (χ4n) is 4.24. The quantitative estimate of drug-likeness (QED) is 0.331. The Kier molecular flexibility index (Phi) is 7.35. The van der Waals surface area contributed by atoms with Gasteiger partial charge in [-0.2, -0.15) is 8.78 Å². The van der Waals surface area contributed by atoms with Crippen LogP contribution in [0.3, 0.4) is 0 Å². The molecule has 0 saturated carbocycles. The van der Waals surface area contributed by atoms with E-state index in [4.69, 9.17) is 0 Å². The van der Waals surface area contributed by atoms with E-state index in [-0.39, 0.29) is 16.2 Å². The number of nitrogens with zero attached hydrogens (tertiary/aromatic N) is 2. The number of rotatable bonds is 6. The SMILES string of the molecule is CC1=C(C(=O)Nc2ccccc2)[C@@H](c2ccc(Br)cc2)n2c(s/c(=C/c3ccccc3OC(F)F)c2=O)=N1. The van der Waals surface area contributed by atoms with Gasteiger partial charge in [0.2, 0.25) is 0 Å². The van der Waals surface area contributed by atoms with Gasteiger partial charge in [-0.15, -0.1) is 0 Å². The van der Waals surface area contributed by atoms with Gasteiger partial charge in [-0.25, -0.2) is 4.99 Å². The van der Waals surface area contributed by atoms with Gasteiger partial charge in [0.25, 0.3) is 11.5 Å². The molecule has 4 aromatic rings. The molecule has 1 aromatic heterocycles. The molecule has 0 radical (unpaired) electrons. The van der Waals surface area contributed by atoms with Gasteiger partial charge in [0.05, 0.1) is 21.8 Å². The highest BCUT2D eigenvalue weighted by Gasteiger charge is 2.32. The van der Waals surface area contributed by atoms with E-state index in [0.29, 0.717) is 27.3 Å². The zero-order valence-corrected chi connectivity index (χ0v) is 22.3. The molecule has 1 atom stereocenters. The molecule has 3 aromatic carbocycles. The Balaban J connectivity index is 1.67. The number of allylic oxidation sites excluding steroid dienone is 1. The van der Waals surface area contributed by atoms with Gasteiger partial charge in [0.1, 0.15) is 5.75 Å². The number of fused-ring (bicyclic) bond motifs is 1. The molecule has 0 saturated heterocycles. The van der Waals surface area contributed by atoms with E-state index in [9.17, 15) is 18.4 Å². The molecule has 0 fully saturated rings. The van der Waals surface area contributed by atoms with Crippen LogP contribution in [0.5, 0.6) is 5.75 Å². The molecular formula is C28H20BrF2N3O3S. The average Bonchev–Trinajstić information content (AvgIpc) is 3.19. The molecule has 2 heterocycles. The highest BCUT2D eigenvalue weighted by molar-refractivity contribution is 9.10. The van der Waals surface area contributed by atoms with Crippen molar-refractivity contribution in [3.63, 3.8) is 0 Å². The lowest BCUT2D eigenvalue weighted by Gasteiger charge is -2.25. The van der Waals surface area contributed by atoms with Gasteiger partial charge in [0.15, 0.2) is 4.80 Å². The molecule has 1 aliphatic rings. The summed E-state index contributed by atoms with van der Waals surface area (Å²) < 4.78 is 33.1. The van der Waals surface area contributed by atoms with Crippen molar-refractivity contribution < 1.29 is 18.3 Å². The van der Waals surface area contributed by atoms with Crippen LogP contribution in [-0.2, 0) is 4.79 Å². The van der Waals surface area contributed by atoms with Gasteiger partial charge in [-0.3, -0.25) is 14.2 Å². The smallest absolute Gasteiger partial charge is 0.387 e. The third kappa shape index (κ3) is 5.23. The number of para-hydroxylation sites is 2. The minimum atomic E-state index is -3.00. The predicted molar refractivity (Wildman–Crippen MR) is 146 cm³/mol. The molecule has 38 heavy (non-hydrogen) atoms. The van der Waals surface area contributed by atoms with Gasteiger partial charge in [0, 0.05) is 15.7 Å². The first-order valence-corrected chi connectivity index (χ1v) is 13.1. The summed E-state index contributed by atoms with van der Waals surface area (Å²) in [5.41, 5.74) is 2.06. The van der Waals surface area contributed by atoms with E-state index in [0.717, 1.165) is 21.4 Å². The van der Waals surface area contributed by atoms with Gasteiger partial charge < -0.3 is 10.1 Å². The Morgan fingerprint density at radius 2 is 1.76 bits per heavy atom. The zero-order valence-electron chi connectivity index (χ0n) is 19.9. The summed E-state index contributed by atoms with van der Waals surface area (Å²) in [6.45, 7) is -1.27. The fourth-order valence-corrected chi connectivity index (χ4v) is 5.54. The van der Waals surface area contributed by atoms with Crippen LogP contribution in [0.4, 0.5) is 14.5 Å². The number of hydrogen-bond acceptors (Lipinski definition) is 5. The van der Waals surface area contributed by atoms with Crippen LogP contribution in [0.15, 0.2) is 104 Å². The fraction of sp³-hybridized carbons (Fsp3) is 0.107. The van der Waals surface area contributed by atoms with E-state index in [1.807, 2.05) is 42.5 Å². The van der Waals surface area contributed by atoms with E-state index in [1.54, 1.807) is 37.3 Å². The maximum absolute atomic E-state index is 13.8. The molecule has 0 bridgehead atoms.